The van der Waals surface area contributed by atoms with Crippen molar-refractivity contribution in [1.82, 2.24) is 25.4 Å². The molecular formula is C17H27Cl2N5O2S. The fraction of sp³-hybridized carbons (Fsp3) is 0.529. The van der Waals surface area contributed by atoms with Crippen molar-refractivity contribution in [2.45, 2.75) is 40.7 Å². The molecule has 2 rings (SSSR count). The highest BCUT2D eigenvalue weighted by Gasteiger charge is 2.21. The van der Waals surface area contributed by atoms with Crippen molar-refractivity contribution in [3.05, 3.63) is 32.2 Å². The largest absolute Gasteiger partial charge is 0.350 e. The molecule has 0 radical (unpaired) electrons. The van der Waals surface area contributed by atoms with E-state index < -0.39 is 0 Å². The Morgan fingerprint density at radius 3 is 2.44 bits per heavy atom. The van der Waals surface area contributed by atoms with Gasteiger partial charge in [0, 0.05) is 19.6 Å². The summed E-state index contributed by atoms with van der Waals surface area (Å²) < 4.78 is 1.31. The van der Waals surface area contributed by atoms with Crippen LogP contribution in [0.15, 0.2) is 4.79 Å². The van der Waals surface area contributed by atoms with Crippen LogP contribution in [0.2, 0.25) is 0 Å². The summed E-state index contributed by atoms with van der Waals surface area (Å²) in [6, 6.07) is 0.194. The molecule has 2 aromatic rings. The van der Waals surface area contributed by atoms with Crippen LogP contribution in [0.5, 0.6) is 0 Å². The lowest BCUT2D eigenvalue weighted by atomic mass is 10.1. The summed E-state index contributed by atoms with van der Waals surface area (Å²) in [4.78, 5) is 29.9. The molecule has 27 heavy (non-hydrogen) atoms. The molecule has 2 aromatic heterocycles. The Bertz CT molecular complexity index is 851. The Hall–Kier alpha value is -1.48. The van der Waals surface area contributed by atoms with Gasteiger partial charge >= 0.3 is 0 Å². The van der Waals surface area contributed by atoms with Gasteiger partial charge in [0.05, 0.1) is 17.0 Å². The molecule has 0 unspecified atom stereocenters. The zero-order valence-corrected chi connectivity index (χ0v) is 18.8. The van der Waals surface area contributed by atoms with E-state index in [1.807, 2.05) is 27.7 Å². The SMILES string of the molecule is CCN[C@H](C)CNC(=O)c1sc(-c2c(C)c(C)nn(C)c2=O)nc1C.Cl.Cl. The van der Waals surface area contributed by atoms with Crippen LogP contribution < -0.4 is 16.2 Å². The van der Waals surface area contributed by atoms with E-state index in [0.29, 0.717) is 27.7 Å². The topological polar surface area (TPSA) is 88.9 Å². The molecule has 0 aliphatic carbocycles. The van der Waals surface area contributed by atoms with Crippen LogP contribution in [0.25, 0.3) is 10.6 Å². The lowest BCUT2D eigenvalue weighted by Crippen LogP contribution is -2.38. The molecule has 2 heterocycles. The molecular weight excluding hydrogens is 409 g/mol. The van der Waals surface area contributed by atoms with Crippen molar-refractivity contribution in [2.75, 3.05) is 13.1 Å². The number of nitrogens with zero attached hydrogens (tertiary/aromatic N) is 3. The number of hydrogen-bond acceptors (Lipinski definition) is 6. The van der Waals surface area contributed by atoms with Crippen LogP contribution in [0.3, 0.4) is 0 Å². The van der Waals surface area contributed by atoms with E-state index in [0.717, 1.165) is 17.8 Å². The number of likely N-dealkylation sites (N-methyl/N-ethyl adjacent to an activating group) is 1. The second-order valence-corrected chi connectivity index (χ2v) is 7.12. The number of carbonyl (C=O) groups excluding carboxylic acids is 1. The second-order valence-electron chi connectivity index (χ2n) is 6.12. The highest BCUT2D eigenvalue weighted by Crippen LogP contribution is 2.28. The third kappa shape index (κ3) is 5.75. The fourth-order valence-corrected chi connectivity index (χ4v) is 3.64. The summed E-state index contributed by atoms with van der Waals surface area (Å²) in [7, 11) is 1.62. The van der Waals surface area contributed by atoms with Crippen LogP contribution in [0.4, 0.5) is 0 Å². The summed E-state index contributed by atoms with van der Waals surface area (Å²) >= 11 is 1.25. The molecule has 152 valence electrons. The Labute approximate surface area is 175 Å². The first-order valence-corrected chi connectivity index (χ1v) is 9.11. The third-order valence-corrected chi connectivity index (χ3v) is 5.24. The van der Waals surface area contributed by atoms with Crippen molar-refractivity contribution in [2.24, 2.45) is 7.05 Å². The van der Waals surface area contributed by atoms with Crippen molar-refractivity contribution >= 4 is 42.1 Å². The fourth-order valence-electron chi connectivity index (χ4n) is 2.56. The van der Waals surface area contributed by atoms with E-state index in [4.69, 9.17) is 0 Å². The number of aryl methyl sites for hydroxylation is 3. The Kier molecular flexibility index (Phi) is 10.2. The summed E-state index contributed by atoms with van der Waals surface area (Å²) in [6.45, 7) is 10.9. The van der Waals surface area contributed by atoms with Gasteiger partial charge in [-0.05, 0) is 39.8 Å². The Balaban J connectivity index is 0.00000338. The number of halogens is 2. The molecule has 1 atom stereocenters. The van der Waals surface area contributed by atoms with Gasteiger partial charge in [0.15, 0.2) is 0 Å². The molecule has 0 aliphatic heterocycles. The quantitative estimate of drug-likeness (QED) is 0.726. The Morgan fingerprint density at radius 1 is 1.22 bits per heavy atom. The minimum Gasteiger partial charge on any atom is -0.350 e. The maximum Gasteiger partial charge on any atom is 0.277 e. The molecule has 0 saturated heterocycles. The average molecular weight is 436 g/mol. The number of rotatable bonds is 6. The summed E-state index contributed by atoms with van der Waals surface area (Å²) in [5.41, 5.74) is 2.51. The number of hydrogen-bond donors (Lipinski definition) is 2. The molecule has 7 nitrogen and oxygen atoms in total. The molecule has 0 bridgehead atoms. The van der Waals surface area contributed by atoms with E-state index in [1.54, 1.807) is 14.0 Å². The van der Waals surface area contributed by atoms with Crippen molar-refractivity contribution in [1.29, 1.82) is 0 Å². The maximum atomic E-state index is 12.5. The van der Waals surface area contributed by atoms with E-state index in [9.17, 15) is 9.59 Å². The zero-order chi connectivity index (χ0) is 18.7. The van der Waals surface area contributed by atoms with Crippen molar-refractivity contribution in [3.63, 3.8) is 0 Å². The van der Waals surface area contributed by atoms with Gasteiger partial charge in [0.2, 0.25) is 0 Å². The van der Waals surface area contributed by atoms with Crippen LogP contribution in [-0.4, -0.2) is 39.8 Å². The van der Waals surface area contributed by atoms with Crippen molar-refractivity contribution in [3.8, 4) is 10.6 Å². The van der Waals surface area contributed by atoms with Gasteiger partial charge in [-0.1, -0.05) is 6.92 Å². The number of carbonyl (C=O) groups is 1. The van der Waals surface area contributed by atoms with E-state index in [2.05, 4.69) is 20.7 Å². The first-order chi connectivity index (χ1) is 11.8. The molecule has 1 amide bonds. The molecule has 0 spiro atoms. The van der Waals surface area contributed by atoms with Crippen LogP contribution in [0, 0.1) is 20.8 Å². The summed E-state index contributed by atoms with van der Waals surface area (Å²) in [6.07, 6.45) is 0. The van der Waals surface area contributed by atoms with E-state index >= 15 is 0 Å². The highest BCUT2D eigenvalue weighted by atomic mass is 35.5. The van der Waals surface area contributed by atoms with Gasteiger partial charge in [-0.3, -0.25) is 9.59 Å². The van der Waals surface area contributed by atoms with Gasteiger partial charge < -0.3 is 10.6 Å². The minimum absolute atomic E-state index is 0. The molecule has 0 saturated carbocycles. The first-order valence-electron chi connectivity index (χ1n) is 8.30. The average Bonchev–Trinajstić information content (AvgIpc) is 2.93. The standard InChI is InChI=1S/C17H25N5O2S.2ClH/c1-7-18-9(2)8-19-15(23)14-12(5)20-16(25-14)13-10(3)11(4)21-22(6)17(13)24;;/h9,18H,7-8H2,1-6H3,(H,19,23);2*1H/t9-;;/m1../s1. The highest BCUT2D eigenvalue weighted by molar-refractivity contribution is 7.17. The van der Waals surface area contributed by atoms with Gasteiger partial charge in [0.1, 0.15) is 9.88 Å². The summed E-state index contributed by atoms with van der Waals surface area (Å²) in [5.74, 6) is -0.161. The van der Waals surface area contributed by atoms with E-state index in [-0.39, 0.29) is 42.3 Å². The zero-order valence-electron chi connectivity index (χ0n) is 16.4. The van der Waals surface area contributed by atoms with Crippen LogP contribution in [0.1, 0.15) is 40.5 Å². The van der Waals surface area contributed by atoms with Crippen LogP contribution in [-0.2, 0) is 7.05 Å². The van der Waals surface area contributed by atoms with Crippen LogP contribution >= 0.6 is 36.2 Å². The van der Waals surface area contributed by atoms with Gasteiger partial charge in [-0.2, -0.15) is 5.10 Å². The molecule has 0 fully saturated rings. The molecule has 2 N–H and O–H groups in total. The molecule has 0 aromatic carbocycles. The minimum atomic E-state index is -0.204. The van der Waals surface area contributed by atoms with Gasteiger partial charge in [0.25, 0.3) is 11.5 Å². The molecule has 10 heteroatoms. The monoisotopic (exact) mass is 435 g/mol. The normalized spacial score (nSPS) is 11.3. The molecule has 0 aliphatic rings. The van der Waals surface area contributed by atoms with E-state index in [1.165, 1.54) is 16.0 Å². The predicted molar refractivity (Wildman–Crippen MR) is 115 cm³/mol. The summed E-state index contributed by atoms with van der Waals surface area (Å²) in [5, 5.41) is 10.9. The second kappa shape index (κ2) is 10.8. The smallest absolute Gasteiger partial charge is 0.277 e. The maximum absolute atomic E-state index is 12.5. The van der Waals surface area contributed by atoms with Gasteiger partial charge in [-0.25, -0.2) is 9.67 Å². The number of aromatic nitrogens is 3. The Morgan fingerprint density at radius 2 is 1.85 bits per heavy atom. The first kappa shape index (κ1) is 25.5. The lowest BCUT2D eigenvalue weighted by molar-refractivity contribution is 0.0953. The number of nitrogens with one attached hydrogen (secondary N) is 2. The predicted octanol–water partition coefficient (Wildman–Crippen LogP) is 2.40. The third-order valence-electron chi connectivity index (χ3n) is 4.06. The van der Waals surface area contributed by atoms with Gasteiger partial charge in [-0.15, -0.1) is 36.2 Å². The van der Waals surface area contributed by atoms with Crippen molar-refractivity contribution < 1.29 is 4.79 Å². The number of thiazole rings is 1. The number of amides is 1. The lowest BCUT2D eigenvalue weighted by Gasteiger charge is -2.12.